The third kappa shape index (κ3) is 9.59. The summed E-state index contributed by atoms with van der Waals surface area (Å²) in [5.74, 6) is -6.45. The van der Waals surface area contributed by atoms with E-state index < -0.39 is 42.3 Å². The van der Waals surface area contributed by atoms with E-state index in [1.54, 1.807) is 0 Å². The Morgan fingerprint density at radius 3 is 1.89 bits per heavy atom. The Balaban J connectivity index is -0.00000112. The summed E-state index contributed by atoms with van der Waals surface area (Å²) in [7, 11) is 0. The van der Waals surface area contributed by atoms with Crippen LogP contribution in [0.3, 0.4) is 0 Å². The van der Waals surface area contributed by atoms with Gasteiger partial charge in [-0.3, -0.25) is 9.59 Å². The standard InChI is InChI=1S/C8H10O8.K.Na/c1-4(9)16-6(12)3-8(15,7(13)14)2-5(10)11;;/h15H,2-3H2,1H3,(H,10,11)(H,13,14);;/q;2*+1/p-2. The zero-order valence-corrected chi connectivity index (χ0v) is 15.3. The van der Waals surface area contributed by atoms with Gasteiger partial charge < -0.3 is 29.6 Å². The largest absolute Gasteiger partial charge is 1.00 e. The molecule has 0 aliphatic rings. The molecule has 0 radical (unpaired) electrons. The summed E-state index contributed by atoms with van der Waals surface area (Å²) in [4.78, 5) is 41.7. The quantitative estimate of drug-likeness (QED) is 0.299. The summed E-state index contributed by atoms with van der Waals surface area (Å²) in [6.07, 6.45) is -2.56. The number of esters is 2. The van der Waals surface area contributed by atoms with Gasteiger partial charge in [0.05, 0.1) is 12.4 Å². The molecule has 0 saturated heterocycles. The molecule has 90 valence electrons. The van der Waals surface area contributed by atoms with Gasteiger partial charge in [-0.2, -0.15) is 0 Å². The average molecular weight is 294 g/mol. The molecule has 0 aromatic rings. The molecule has 1 unspecified atom stereocenters. The number of hydrogen-bond acceptors (Lipinski definition) is 8. The van der Waals surface area contributed by atoms with Gasteiger partial charge in [-0.25, -0.2) is 0 Å². The molecule has 10 heteroatoms. The minimum Gasteiger partial charge on any atom is -0.550 e. The molecule has 0 aliphatic carbocycles. The van der Waals surface area contributed by atoms with E-state index in [1.165, 1.54) is 0 Å². The second-order valence-corrected chi connectivity index (χ2v) is 3.01. The van der Waals surface area contributed by atoms with Crippen molar-refractivity contribution >= 4 is 23.9 Å². The number of rotatable bonds is 5. The van der Waals surface area contributed by atoms with Crippen LogP contribution in [0.15, 0.2) is 0 Å². The monoisotopic (exact) mass is 294 g/mol. The van der Waals surface area contributed by atoms with E-state index in [0.717, 1.165) is 6.92 Å². The van der Waals surface area contributed by atoms with Crippen molar-refractivity contribution in [3.05, 3.63) is 0 Å². The molecule has 0 amide bonds. The van der Waals surface area contributed by atoms with E-state index in [0.29, 0.717) is 0 Å². The van der Waals surface area contributed by atoms with Gasteiger partial charge in [0.1, 0.15) is 5.60 Å². The topological polar surface area (TPSA) is 144 Å². The van der Waals surface area contributed by atoms with Crippen molar-refractivity contribution in [2.75, 3.05) is 0 Å². The summed E-state index contributed by atoms with van der Waals surface area (Å²) in [6.45, 7) is 0.884. The van der Waals surface area contributed by atoms with Crippen LogP contribution < -0.4 is 91.2 Å². The van der Waals surface area contributed by atoms with Gasteiger partial charge in [-0.1, -0.05) is 0 Å². The molecular weight excluding hydrogens is 286 g/mol. The molecule has 0 heterocycles. The van der Waals surface area contributed by atoms with E-state index >= 15 is 0 Å². The first-order chi connectivity index (χ1) is 7.17. The van der Waals surface area contributed by atoms with Crippen molar-refractivity contribution in [2.45, 2.75) is 25.4 Å². The summed E-state index contributed by atoms with van der Waals surface area (Å²) >= 11 is 0. The number of aliphatic carboxylic acids is 2. The van der Waals surface area contributed by atoms with Gasteiger partial charge >= 0.3 is 92.9 Å². The minimum absolute atomic E-state index is 0. The molecule has 0 rings (SSSR count). The molecule has 0 spiro atoms. The number of carbonyl (C=O) groups is 4. The number of ether oxygens (including phenoxy) is 1. The molecule has 1 N–H and O–H groups in total. The Hall–Kier alpha value is 0.676. The number of aliphatic hydroxyl groups is 1. The molecule has 0 aromatic heterocycles. The first-order valence-electron chi connectivity index (χ1n) is 4.02. The zero-order valence-electron chi connectivity index (χ0n) is 10.2. The van der Waals surface area contributed by atoms with Gasteiger partial charge in [0.2, 0.25) is 0 Å². The fourth-order valence-corrected chi connectivity index (χ4v) is 0.881. The fourth-order valence-electron chi connectivity index (χ4n) is 0.881. The van der Waals surface area contributed by atoms with Crippen molar-refractivity contribution < 1.29 is 120 Å². The Kier molecular flexibility index (Phi) is 13.8. The SMILES string of the molecule is CC(=O)OC(=O)CC(O)(CC(=O)[O-])C(=O)[O-].[K+].[Na+]. The molecule has 0 aliphatic heterocycles. The normalized spacial score (nSPS) is 12.1. The number of carbonyl (C=O) groups excluding carboxylic acids is 4. The van der Waals surface area contributed by atoms with Crippen molar-refractivity contribution in [1.29, 1.82) is 0 Å². The van der Waals surface area contributed by atoms with Crippen LogP contribution >= 0.6 is 0 Å². The van der Waals surface area contributed by atoms with Gasteiger partial charge in [0.25, 0.3) is 0 Å². The fraction of sp³-hybridized carbons (Fsp3) is 0.500. The molecule has 0 bridgehead atoms. The average Bonchev–Trinajstić information content (AvgIpc) is 1.98. The Morgan fingerprint density at radius 1 is 1.17 bits per heavy atom. The molecule has 18 heavy (non-hydrogen) atoms. The van der Waals surface area contributed by atoms with Gasteiger partial charge in [0.15, 0.2) is 0 Å². The van der Waals surface area contributed by atoms with Crippen molar-refractivity contribution in [3.63, 3.8) is 0 Å². The van der Waals surface area contributed by atoms with E-state index in [-0.39, 0.29) is 80.9 Å². The number of carboxylic acid groups (broad SMARTS) is 2. The van der Waals surface area contributed by atoms with Crippen molar-refractivity contribution in [2.24, 2.45) is 0 Å². The molecule has 1 atom stereocenters. The van der Waals surface area contributed by atoms with Crippen LogP contribution in [0.5, 0.6) is 0 Å². The van der Waals surface area contributed by atoms with Crippen LogP contribution in [-0.2, 0) is 23.9 Å². The first-order valence-corrected chi connectivity index (χ1v) is 4.02. The minimum atomic E-state index is -2.95. The summed E-state index contributed by atoms with van der Waals surface area (Å²) < 4.78 is 3.94. The van der Waals surface area contributed by atoms with E-state index in [1.807, 2.05) is 0 Å². The van der Waals surface area contributed by atoms with Crippen LogP contribution in [-0.4, -0.2) is 34.6 Å². The third-order valence-electron chi connectivity index (χ3n) is 1.51. The van der Waals surface area contributed by atoms with Crippen LogP contribution in [0.25, 0.3) is 0 Å². The third-order valence-corrected chi connectivity index (χ3v) is 1.51. The molecule has 0 aromatic carbocycles. The second kappa shape index (κ2) is 10.5. The Labute approximate surface area is 167 Å². The maximum atomic E-state index is 10.8. The van der Waals surface area contributed by atoms with Gasteiger partial charge in [-0.05, 0) is 0 Å². The predicted octanol–water partition coefficient (Wildman–Crippen LogP) is -9.90. The van der Waals surface area contributed by atoms with E-state index in [4.69, 9.17) is 0 Å². The van der Waals surface area contributed by atoms with Gasteiger partial charge in [-0.15, -0.1) is 0 Å². The van der Waals surface area contributed by atoms with Crippen LogP contribution in [0.2, 0.25) is 0 Å². The van der Waals surface area contributed by atoms with Gasteiger partial charge in [0, 0.05) is 19.3 Å². The smallest absolute Gasteiger partial charge is 0.550 e. The maximum Gasteiger partial charge on any atom is 1.00 e. The molecule has 0 fully saturated rings. The molecular formula is C8H8KNaO8. The van der Waals surface area contributed by atoms with E-state index in [9.17, 15) is 34.5 Å². The summed E-state index contributed by atoms with van der Waals surface area (Å²) in [6, 6.07) is 0. The molecule has 8 nitrogen and oxygen atoms in total. The first kappa shape index (κ1) is 23.7. The Morgan fingerprint density at radius 2 is 1.61 bits per heavy atom. The number of carboxylic acids is 2. The summed E-state index contributed by atoms with van der Waals surface area (Å²) in [5.41, 5.74) is -2.95. The molecule has 0 saturated carbocycles. The second-order valence-electron chi connectivity index (χ2n) is 3.01. The van der Waals surface area contributed by atoms with Crippen molar-refractivity contribution in [1.82, 2.24) is 0 Å². The summed E-state index contributed by atoms with van der Waals surface area (Å²) in [5, 5.41) is 29.8. The predicted molar refractivity (Wildman–Crippen MR) is 41.0 cm³/mol. The number of hydrogen-bond donors (Lipinski definition) is 1. The zero-order chi connectivity index (χ0) is 12.9. The van der Waals surface area contributed by atoms with Crippen LogP contribution in [0, 0.1) is 0 Å². The van der Waals surface area contributed by atoms with Crippen LogP contribution in [0.1, 0.15) is 19.8 Å². The van der Waals surface area contributed by atoms with E-state index in [2.05, 4.69) is 4.74 Å². The van der Waals surface area contributed by atoms with Crippen molar-refractivity contribution in [3.8, 4) is 0 Å². The van der Waals surface area contributed by atoms with Crippen LogP contribution in [0.4, 0.5) is 0 Å². The Bertz CT molecular complexity index is 344. The maximum absolute atomic E-state index is 10.8.